The monoisotopic (exact) mass is 608 g/mol. The van der Waals surface area contributed by atoms with Gasteiger partial charge >= 0.3 is 5.97 Å². The van der Waals surface area contributed by atoms with Gasteiger partial charge in [-0.25, -0.2) is 4.79 Å². The van der Waals surface area contributed by atoms with Crippen LogP contribution in [0.5, 0.6) is 5.75 Å². The number of likely N-dealkylation sites (N-methyl/N-ethyl adjacent to an activating group) is 1. The number of carbonyl (C=O) groups is 2. The standard InChI is InChI=1S/C36H40N4O5/c1-39-19-21-40(22-20-39)23-24-44-29-15-13-28(14-16-29)38-34(41)32-30-17-18-36(45-30,33(32)35(42)43-2)31(25-26-9-5-3-6-10-26)37-27-11-7-4-8-12-27/h3-18,30-31,37H,19-25H2,1-2H3,(H,38,41). The lowest BCUT2D eigenvalue weighted by atomic mass is 9.78. The Hall–Kier alpha value is -4.44. The zero-order valence-corrected chi connectivity index (χ0v) is 25.8. The van der Waals surface area contributed by atoms with Crippen LogP contribution < -0.4 is 15.4 Å². The van der Waals surface area contributed by atoms with Crippen molar-refractivity contribution in [3.05, 3.63) is 114 Å². The number of esters is 1. The Labute approximate surface area is 264 Å². The summed E-state index contributed by atoms with van der Waals surface area (Å²) >= 11 is 0. The second-order valence-electron chi connectivity index (χ2n) is 11.7. The van der Waals surface area contributed by atoms with Crippen LogP contribution in [-0.2, 0) is 25.5 Å². The summed E-state index contributed by atoms with van der Waals surface area (Å²) in [5.41, 5.74) is 1.78. The average molecular weight is 609 g/mol. The first-order valence-electron chi connectivity index (χ1n) is 15.5. The Morgan fingerprint density at radius 2 is 1.62 bits per heavy atom. The number of nitrogens with zero attached hydrogens (tertiary/aromatic N) is 2. The molecule has 0 saturated carbocycles. The molecule has 3 aromatic carbocycles. The maximum Gasteiger partial charge on any atom is 0.337 e. The van der Waals surface area contributed by atoms with Gasteiger partial charge in [-0.05, 0) is 61.5 Å². The van der Waals surface area contributed by atoms with Gasteiger partial charge in [-0.3, -0.25) is 9.69 Å². The molecule has 1 saturated heterocycles. The van der Waals surface area contributed by atoms with E-state index < -0.39 is 29.6 Å². The van der Waals surface area contributed by atoms with Crippen LogP contribution in [0, 0.1) is 0 Å². The molecule has 0 radical (unpaired) electrons. The van der Waals surface area contributed by atoms with E-state index in [0.29, 0.717) is 18.7 Å². The Morgan fingerprint density at radius 1 is 0.933 bits per heavy atom. The fourth-order valence-corrected chi connectivity index (χ4v) is 6.25. The van der Waals surface area contributed by atoms with Crippen molar-refractivity contribution in [3.63, 3.8) is 0 Å². The van der Waals surface area contributed by atoms with Gasteiger partial charge in [0.05, 0.1) is 24.3 Å². The number of piperazine rings is 1. The van der Waals surface area contributed by atoms with Gasteiger partial charge in [-0.15, -0.1) is 0 Å². The van der Waals surface area contributed by atoms with Crippen LogP contribution in [0.2, 0.25) is 0 Å². The summed E-state index contributed by atoms with van der Waals surface area (Å²) in [5, 5.41) is 6.55. The lowest BCUT2D eigenvalue weighted by molar-refractivity contribution is -0.138. The van der Waals surface area contributed by atoms with Gasteiger partial charge in [0.2, 0.25) is 0 Å². The molecule has 3 aliphatic heterocycles. The highest BCUT2D eigenvalue weighted by Gasteiger charge is 2.58. The van der Waals surface area contributed by atoms with Gasteiger partial charge in [-0.2, -0.15) is 0 Å². The van der Waals surface area contributed by atoms with Crippen molar-refractivity contribution in [2.75, 3.05) is 64.1 Å². The summed E-state index contributed by atoms with van der Waals surface area (Å²) in [7, 11) is 3.47. The molecular formula is C36H40N4O5. The first-order valence-corrected chi connectivity index (χ1v) is 15.5. The largest absolute Gasteiger partial charge is 0.492 e. The zero-order chi connectivity index (χ0) is 31.2. The zero-order valence-electron chi connectivity index (χ0n) is 25.8. The molecule has 9 nitrogen and oxygen atoms in total. The third-order valence-corrected chi connectivity index (χ3v) is 8.72. The van der Waals surface area contributed by atoms with E-state index >= 15 is 0 Å². The normalized spacial score (nSPS) is 21.9. The molecule has 2 N–H and O–H groups in total. The van der Waals surface area contributed by atoms with E-state index in [9.17, 15) is 9.59 Å². The third-order valence-electron chi connectivity index (χ3n) is 8.72. The van der Waals surface area contributed by atoms with Crippen LogP contribution in [0.15, 0.2) is 108 Å². The number of fused-ring (bicyclic) bond motifs is 2. The molecule has 3 heterocycles. The van der Waals surface area contributed by atoms with Gasteiger partial charge < -0.3 is 29.7 Å². The first-order chi connectivity index (χ1) is 21.9. The number of ether oxygens (including phenoxy) is 3. The van der Waals surface area contributed by atoms with E-state index in [1.807, 2.05) is 84.9 Å². The van der Waals surface area contributed by atoms with Crippen molar-refractivity contribution in [1.82, 2.24) is 9.80 Å². The van der Waals surface area contributed by atoms with Crippen molar-refractivity contribution in [2.45, 2.75) is 24.2 Å². The molecular weight excluding hydrogens is 568 g/mol. The van der Waals surface area contributed by atoms with Gasteiger partial charge in [0.25, 0.3) is 5.91 Å². The second kappa shape index (κ2) is 13.7. The number of rotatable bonds is 12. The highest BCUT2D eigenvalue weighted by atomic mass is 16.5. The van der Waals surface area contributed by atoms with E-state index in [1.54, 1.807) is 12.1 Å². The molecule has 45 heavy (non-hydrogen) atoms. The van der Waals surface area contributed by atoms with Crippen molar-refractivity contribution >= 4 is 23.3 Å². The van der Waals surface area contributed by atoms with E-state index in [-0.39, 0.29) is 11.1 Å². The van der Waals surface area contributed by atoms with Crippen LogP contribution in [0.3, 0.4) is 0 Å². The summed E-state index contributed by atoms with van der Waals surface area (Å²) in [6, 6.07) is 26.7. The maximum atomic E-state index is 13.8. The average Bonchev–Trinajstić information content (AvgIpc) is 3.65. The molecule has 1 amide bonds. The summed E-state index contributed by atoms with van der Waals surface area (Å²) in [6.45, 7) is 5.71. The molecule has 0 spiro atoms. The Morgan fingerprint density at radius 3 is 2.31 bits per heavy atom. The van der Waals surface area contributed by atoms with Crippen molar-refractivity contribution in [2.24, 2.45) is 0 Å². The SMILES string of the molecule is COC(=O)C1=C(C(=O)Nc2ccc(OCCN3CCN(C)CC3)cc2)C2C=CC1(C(Cc1ccccc1)Nc1ccccc1)O2. The van der Waals surface area contributed by atoms with Gasteiger partial charge in [0.1, 0.15) is 24.1 Å². The Bertz CT molecular complexity index is 1490. The number of hydrogen-bond donors (Lipinski definition) is 2. The lowest BCUT2D eigenvalue weighted by Crippen LogP contribution is -2.49. The Kier molecular flexibility index (Phi) is 9.30. The number of hydrogen-bond acceptors (Lipinski definition) is 8. The number of para-hydroxylation sites is 1. The smallest absolute Gasteiger partial charge is 0.337 e. The van der Waals surface area contributed by atoms with Crippen molar-refractivity contribution < 1.29 is 23.8 Å². The number of methoxy groups -OCH3 is 1. The minimum absolute atomic E-state index is 0.211. The molecule has 3 aromatic rings. The molecule has 9 heteroatoms. The van der Waals surface area contributed by atoms with Gasteiger partial charge in [0, 0.05) is 44.1 Å². The minimum atomic E-state index is -1.21. The molecule has 1 fully saturated rings. The number of benzene rings is 3. The van der Waals surface area contributed by atoms with E-state index in [4.69, 9.17) is 14.2 Å². The van der Waals surface area contributed by atoms with Crippen LogP contribution in [-0.4, -0.2) is 92.9 Å². The fraction of sp³-hybridized carbons (Fsp3) is 0.333. The predicted molar refractivity (Wildman–Crippen MR) is 174 cm³/mol. The molecule has 0 aromatic heterocycles. The molecule has 3 atom stereocenters. The van der Waals surface area contributed by atoms with Crippen molar-refractivity contribution in [1.29, 1.82) is 0 Å². The molecule has 6 rings (SSSR count). The molecule has 2 bridgehead atoms. The van der Waals surface area contributed by atoms with Crippen LogP contribution in [0.1, 0.15) is 5.56 Å². The van der Waals surface area contributed by atoms with E-state index in [1.165, 1.54) is 7.11 Å². The first kappa shape index (κ1) is 30.6. The van der Waals surface area contributed by atoms with E-state index in [0.717, 1.165) is 49.7 Å². The van der Waals surface area contributed by atoms with Gasteiger partial charge in [0.15, 0.2) is 0 Å². The number of carbonyl (C=O) groups excluding carboxylic acids is 2. The highest BCUT2D eigenvalue weighted by molar-refractivity contribution is 6.12. The fourth-order valence-electron chi connectivity index (χ4n) is 6.25. The summed E-state index contributed by atoms with van der Waals surface area (Å²) in [5.74, 6) is -0.268. The highest BCUT2D eigenvalue weighted by Crippen LogP contribution is 2.47. The van der Waals surface area contributed by atoms with Gasteiger partial charge in [-0.1, -0.05) is 54.6 Å². The maximum absolute atomic E-state index is 13.8. The number of anilines is 2. The quantitative estimate of drug-likeness (QED) is 0.234. The molecule has 3 aliphatic rings. The lowest BCUT2D eigenvalue weighted by Gasteiger charge is -2.36. The number of nitrogens with one attached hydrogen (secondary N) is 2. The predicted octanol–water partition coefficient (Wildman–Crippen LogP) is 4.15. The molecule has 3 unspecified atom stereocenters. The second-order valence-corrected chi connectivity index (χ2v) is 11.7. The molecule has 0 aliphatic carbocycles. The van der Waals surface area contributed by atoms with Crippen LogP contribution >= 0.6 is 0 Å². The summed E-state index contributed by atoms with van der Waals surface area (Å²) < 4.78 is 17.8. The van der Waals surface area contributed by atoms with Crippen LogP contribution in [0.4, 0.5) is 11.4 Å². The molecule has 234 valence electrons. The summed E-state index contributed by atoms with van der Waals surface area (Å²) in [6.07, 6.45) is 3.59. The summed E-state index contributed by atoms with van der Waals surface area (Å²) in [4.78, 5) is 32.0. The number of amides is 1. The minimum Gasteiger partial charge on any atom is -0.492 e. The van der Waals surface area contributed by atoms with E-state index in [2.05, 4.69) is 27.5 Å². The van der Waals surface area contributed by atoms with Crippen molar-refractivity contribution in [3.8, 4) is 5.75 Å². The topological polar surface area (TPSA) is 92.4 Å². The van der Waals surface area contributed by atoms with Crippen LogP contribution in [0.25, 0.3) is 0 Å². The Balaban J connectivity index is 1.20. The third kappa shape index (κ3) is 6.81.